The Bertz CT molecular complexity index is 1130. The van der Waals surface area contributed by atoms with E-state index in [1.807, 2.05) is 6.07 Å². The zero-order valence-electron chi connectivity index (χ0n) is 15.6. The number of ether oxygens (including phenoxy) is 1. The maximum atomic E-state index is 14.0. The van der Waals surface area contributed by atoms with Gasteiger partial charge in [0.1, 0.15) is 23.7 Å². The van der Waals surface area contributed by atoms with E-state index in [2.05, 4.69) is 5.43 Å². The van der Waals surface area contributed by atoms with E-state index in [4.69, 9.17) is 16.3 Å². The van der Waals surface area contributed by atoms with Gasteiger partial charge in [0.25, 0.3) is 11.8 Å². The Kier molecular flexibility index (Phi) is 5.50. The van der Waals surface area contributed by atoms with Crippen LogP contribution in [0.3, 0.4) is 0 Å². The maximum absolute atomic E-state index is 14.0. The van der Waals surface area contributed by atoms with Gasteiger partial charge in [0, 0.05) is 11.1 Å². The first-order valence-electron chi connectivity index (χ1n) is 9.11. The van der Waals surface area contributed by atoms with Crippen molar-refractivity contribution < 1.29 is 18.7 Å². The number of hydrogen-bond acceptors (Lipinski definition) is 3. The Morgan fingerprint density at radius 2 is 1.70 bits per heavy atom. The fourth-order valence-corrected chi connectivity index (χ4v) is 3.24. The average molecular weight is 423 g/mol. The summed E-state index contributed by atoms with van der Waals surface area (Å²) in [5.74, 6) is -1.07. The molecule has 0 spiro atoms. The summed E-state index contributed by atoms with van der Waals surface area (Å²) in [6.07, 6.45) is 1.46. The predicted molar refractivity (Wildman–Crippen MR) is 112 cm³/mol. The van der Waals surface area contributed by atoms with Crippen LogP contribution in [0.25, 0.3) is 6.08 Å². The first-order valence-corrected chi connectivity index (χ1v) is 9.49. The number of nitrogens with one attached hydrogen (secondary N) is 1. The molecule has 150 valence electrons. The number of hydrogen-bond donors (Lipinski definition) is 1. The van der Waals surface area contributed by atoms with Crippen LogP contribution in [-0.2, 0) is 16.2 Å². The van der Waals surface area contributed by atoms with Crippen molar-refractivity contribution in [3.8, 4) is 5.75 Å². The minimum Gasteiger partial charge on any atom is -0.488 e. The molecule has 7 heteroatoms. The molecule has 3 aromatic carbocycles. The summed E-state index contributed by atoms with van der Waals surface area (Å²) in [6.45, 7) is -0.0953. The van der Waals surface area contributed by atoms with Crippen molar-refractivity contribution in [1.29, 1.82) is 0 Å². The quantitative estimate of drug-likeness (QED) is 0.486. The minimum atomic E-state index is -0.518. The van der Waals surface area contributed by atoms with Gasteiger partial charge in [-0.05, 0) is 36.4 Å². The van der Waals surface area contributed by atoms with Crippen molar-refractivity contribution in [2.45, 2.75) is 6.61 Å². The molecular formula is C23H16ClFN2O3. The molecule has 5 nitrogen and oxygen atoms in total. The smallest absolute Gasteiger partial charge is 0.282 e. The van der Waals surface area contributed by atoms with Gasteiger partial charge in [-0.1, -0.05) is 54.1 Å². The van der Waals surface area contributed by atoms with Gasteiger partial charge in [-0.15, -0.1) is 0 Å². The zero-order chi connectivity index (χ0) is 21.1. The van der Waals surface area contributed by atoms with E-state index in [1.54, 1.807) is 54.6 Å². The summed E-state index contributed by atoms with van der Waals surface area (Å²) in [5.41, 5.74) is 3.82. The molecule has 3 aromatic rings. The van der Waals surface area contributed by atoms with Crippen molar-refractivity contribution in [2.24, 2.45) is 0 Å². The molecule has 1 aliphatic heterocycles. The van der Waals surface area contributed by atoms with Gasteiger partial charge < -0.3 is 4.74 Å². The van der Waals surface area contributed by atoms with Crippen molar-refractivity contribution >= 4 is 35.2 Å². The molecule has 30 heavy (non-hydrogen) atoms. The lowest BCUT2D eigenvalue weighted by molar-refractivity contribution is -0.117. The molecule has 0 bridgehead atoms. The molecule has 4 rings (SSSR count). The number of halogens is 2. The second kappa shape index (κ2) is 8.39. The fourth-order valence-electron chi connectivity index (χ4n) is 3.02. The predicted octanol–water partition coefficient (Wildman–Crippen LogP) is 4.52. The maximum Gasteiger partial charge on any atom is 0.282 e. The molecular weight excluding hydrogens is 407 g/mol. The summed E-state index contributed by atoms with van der Waals surface area (Å²) in [5, 5.41) is 1.45. The van der Waals surface area contributed by atoms with Crippen LogP contribution in [0.15, 0.2) is 78.4 Å². The number of nitrogens with zero attached hydrogens (tertiary/aromatic N) is 1. The van der Waals surface area contributed by atoms with E-state index in [-0.39, 0.29) is 22.8 Å². The van der Waals surface area contributed by atoms with Gasteiger partial charge in [0.05, 0.1) is 10.7 Å². The van der Waals surface area contributed by atoms with E-state index in [0.29, 0.717) is 17.0 Å². The molecule has 0 atom stereocenters. The highest BCUT2D eigenvalue weighted by Gasteiger charge is 2.34. The summed E-state index contributed by atoms with van der Waals surface area (Å²) < 4.78 is 19.8. The van der Waals surface area contributed by atoms with E-state index >= 15 is 0 Å². The number of para-hydroxylation sites is 2. The highest BCUT2D eigenvalue weighted by atomic mass is 35.5. The van der Waals surface area contributed by atoms with E-state index in [1.165, 1.54) is 23.2 Å². The third-order valence-electron chi connectivity index (χ3n) is 4.56. The van der Waals surface area contributed by atoms with Crippen LogP contribution >= 0.6 is 11.6 Å². The van der Waals surface area contributed by atoms with Gasteiger partial charge in [-0.2, -0.15) is 0 Å². The summed E-state index contributed by atoms with van der Waals surface area (Å²) >= 11 is 6.05. The van der Waals surface area contributed by atoms with E-state index < -0.39 is 17.6 Å². The van der Waals surface area contributed by atoms with Crippen molar-refractivity contribution in [1.82, 2.24) is 5.43 Å². The highest BCUT2D eigenvalue weighted by Crippen LogP contribution is 2.27. The lowest BCUT2D eigenvalue weighted by atomic mass is 10.1. The standard InChI is InChI=1S/C23H16ClFN2O3/c24-19-10-6-11-20(25)18(19)14-30-21-12-5-4-7-15(21)13-17-22(28)26-27(23(17)29)16-8-2-1-3-9-16/h1-13H,14H2,(H,26,28). The monoisotopic (exact) mass is 422 g/mol. The fraction of sp³-hybridized carbons (Fsp3) is 0.0435. The number of amides is 2. The van der Waals surface area contributed by atoms with Crippen molar-refractivity contribution in [2.75, 3.05) is 5.01 Å². The van der Waals surface area contributed by atoms with Gasteiger partial charge in [0.15, 0.2) is 0 Å². The Balaban J connectivity index is 1.60. The van der Waals surface area contributed by atoms with E-state index in [9.17, 15) is 14.0 Å². The number of benzene rings is 3. The number of carbonyl (C=O) groups excluding carboxylic acids is 2. The lowest BCUT2D eigenvalue weighted by Crippen LogP contribution is -2.35. The Hall–Kier alpha value is -3.64. The first kappa shape index (κ1) is 19.7. The van der Waals surface area contributed by atoms with Gasteiger partial charge in [0.2, 0.25) is 0 Å². The van der Waals surface area contributed by atoms with Crippen LogP contribution in [0.1, 0.15) is 11.1 Å². The van der Waals surface area contributed by atoms with Crippen molar-refractivity contribution in [3.05, 3.63) is 100 Å². The number of hydrazine groups is 1. The van der Waals surface area contributed by atoms with Gasteiger partial charge in [-0.25, -0.2) is 9.40 Å². The molecule has 0 unspecified atom stereocenters. The summed E-state index contributed by atoms with van der Waals surface area (Å²) in [4.78, 5) is 25.2. The first-order chi connectivity index (χ1) is 14.5. The SMILES string of the molecule is O=C1NN(c2ccccc2)C(=O)C1=Cc1ccccc1OCc1c(F)cccc1Cl. The zero-order valence-corrected chi connectivity index (χ0v) is 16.4. The van der Waals surface area contributed by atoms with E-state index in [0.717, 1.165) is 0 Å². The number of rotatable bonds is 5. The third-order valence-corrected chi connectivity index (χ3v) is 4.91. The Labute approximate surface area is 177 Å². The molecule has 0 radical (unpaired) electrons. The van der Waals surface area contributed by atoms with Crippen molar-refractivity contribution in [3.63, 3.8) is 0 Å². The van der Waals surface area contributed by atoms with Crippen LogP contribution in [0.4, 0.5) is 10.1 Å². The normalized spacial score (nSPS) is 14.9. The molecule has 1 heterocycles. The average Bonchev–Trinajstić information content (AvgIpc) is 3.03. The number of anilines is 1. The largest absolute Gasteiger partial charge is 0.488 e. The second-order valence-electron chi connectivity index (χ2n) is 6.50. The molecule has 1 saturated heterocycles. The highest BCUT2D eigenvalue weighted by molar-refractivity contribution is 6.32. The molecule has 0 saturated carbocycles. The third kappa shape index (κ3) is 3.90. The van der Waals surface area contributed by atoms with Crippen LogP contribution < -0.4 is 15.2 Å². The molecule has 1 N–H and O–H groups in total. The second-order valence-corrected chi connectivity index (χ2v) is 6.91. The lowest BCUT2D eigenvalue weighted by Gasteiger charge is -2.14. The molecule has 1 aliphatic rings. The van der Waals surface area contributed by atoms with Crippen LogP contribution in [0, 0.1) is 5.82 Å². The summed E-state index contributed by atoms with van der Waals surface area (Å²) in [6, 6.07) is 20.1. The Morgan fingerprint density at radius 3 is 2.47 bits per heavy atom. The van der Waals surface area contributed by atoms with Crippen LogP contribution in [0.5, 0.6) is 5.75 Å². The number of carbonyl (C=O) groups is 2. The summed E-state index contributed by atoms with van der Waals surface area (Å²) in [7, 11) is 0. The molecule has 0 aromatic heterocycles. The molecule has 1 fully saturated rings. The van der Waals surface area contributed by atoms with Gasteiger partial charge in [-0.3, -0.25) is 15.0 Å². The molecule has 0 aliphatic carbocycles. The van der Waals surface area contributed by atoms with Crippen LogP contribution in [-0.4, -0.2) is 11.8 Å². The van der Waals surface area contributed by atoms with Gasteiger partial charge >= 0.3 is 0 Å². The topological polar surface area (TPSA) is 58.6 Å². The van der Waals surface area contributed by atoms with Crippen LogP contribution in [0.2, 0.25) is 5.02 Å². The Morgan fingerprint density at radius 1 is 0.967 bits per heavy atom. The molecule has 2 amide bonds. The minimum absolute atomic E-state index is 0.0289.